The molecule has 6 nitrogen and oxygen atoms in total. The van der Waals surface area contributed by atoms with E-state index in [1.54, 1.807) is 12.0 Å². The van der Waals surface area contributed by atoms with E-state index in [0.717, 1.165) is 17.0 Å². The molecule has 0 saturated carbocycles. The Morgan fingerprint density at radius 2 is 1.56 bits per heavy atom. The lowest BCUT2D eigenvalue weighted by Gasteiger charge is -2.34. The molecular formula is C21H25N3O3. The van der Waals surface area contributed by atoms with Crippen LogP contribution in [0.4, 0.5) is 10.5 Å². The van der Waals surface area contributed by atoms with Crippen LogP contribution in [0.15, 0.2) is 54.6 Å². The first-order chi connectivity index (χ1) is 13.2. The minimum absolute atomic E-state index is 0.115. The van der Waals surface area contributed by atoms with Gasteiger partial charge in [-0.3, -0.25) is 4.79 Å². The predicted molar refractivity (Wildman–Crippen MR) is 105 cm³/mol. The molecule has 1 aliphatic rings. The Balaban J connectivity index is 1.45. The number of methoxy groups -OCH3 is 1. The van der Waals surface area contributed by atoms with Crippen molar-refractivity contribution in [3.63, 3.8) is 0 Å². The van der Waals surface area contributed by atoms with Crippen LogP contribution in [0.1, 0.15) is 12.0 Å². The summed E-state index contributed by atoms with van der Waals surface area (Å²) in [6.07, 6.45) is 1.09. The number of nitrogens with one attached hydrogen (secondary N) is 1. The number of hydrogen-bond acceptors (Lipinski definition) is 3. The smallest absolute Gasteiger partial charge is 0.321 e. The summed E-state index contributed by atoms with van der Waals surface area (Å²) in [5.41, 5.74) is 1.81. The molecule has 0 radical (unpaired) electrons. The van der Waals surface area contributed by atoms with E-state index >= 15 is 0 Å². The van der Waals surface area contributed by atoms with Gasteiger partial charge in [-0.2, -0.15) is 0 Å². The Morgan fingerprint density at radius 1 is 0.926 bits per heavy atom. The third kappa shape index (κ3) is 5.00. The zero-order chi connectivity index (χ0) is 19.1. The number of hydrogen-bond donors (Lipinski definition) is 1. The van der Waals surface area contributed by atoms with Gasteiger partial charge >= 0.3 is 6.03 Å². The Bertz CT molecular complexity index is 771. The summed E-state index contributed by atoms with van der Waals surface area (Å²) < 4.78 is 5.34. The number of carbonyl (C=O) groups excluding carboxylic acids is 2. The lowest BCUT2D eigenvalue weighted by atomic mass is 10.1. The average Bonchev–Trinajstić information content (AvgIpc) is 2.73. The molecule has 0 aromatic heterocycles. The number of carbonyl (C=O) groups is 2. The number of ether oxygens (including phenoxy) is 1. The van der Waals surface area contributed by atoms with Crippen LogP contribution in [-0.2, 0) is 11.2 Å². The molecule has 2 aromatic rings. The van der Waals surface area contributed by atoms with Gasteiger partial charge in [-0.15, -0.1) is 0 Å². The van der Waals surface area contributed by atoms with Crippen molar-refractivity contribution < 1.29 is 14.3 Å². The van der Waals surface area contributed by atoms with Crippen LogP contribution in [0.2, 0.25) is 0 Å². The molecule has 1 N–H and O–H groups in total. The summed E-state index contributed by atoms with van der Waals surface area (Å²) in [7, 11) is 1.64. The number of piperazine rings is 1. The SMILES string of the molecule is COc1ccccc1CCC(=O)N1CCN(C(=O)Nc2ccccc2)CC1. The Labute approximate surface area is 159 Å². The maximum atomic E-state index is 12.5. The van der Waals surface area contributed by atoms with Crippen LogP contribution >= 0.6 is 0 Å². The van der Waals surface area contributed by atoms with Crippen LogP contribution < -0.4 is 10.1 Å². The molecule has 3 amide bonds. The van der Waals surface area contributed by atoms with E-state index in [9.17, 15) is 9.59 Å². The molecule has 1 heterocycles. The van der Waals surface area contributed by atoms with Crippen molar-refractivity contribution in [2.75, 3.05) is 38.6 Å². The molecule has 27 heavy (non-hydrogen) atoms. The van der Waals surface area contributed by atoms with E-state index in [1.165, 1.54) is 0 Å². The highest BCUT2D eigenvalue weighted by Gasteiger charge is 2.24. The lowest BCUT2D eigenvalue weighted by molar-refractivity contribution is -0.132. The third-order valence-electron chi connectivity index (χ3n) is 4.75. The highest BCUT2D eigenvalue weighted by molar-refractivity contribution is 5.89. The topological polar surface area (TPSA) is 61.9 Å². The number of nitrogens with zero attached hydrogens (tertiary/aromatic N) is 2. The van der Waals surface area contributed by atoms with Crippen molar-refractivity contribution in [3.05, 3.63) is 60.2 Å². The first-order valence-corrected chi connectivity index (χ1v) is 9.18. The summed E-state index contributed by atoms with van der Waals surface area (Å²) in [6.45, 7) is 2.21. The molecular weight excluding hydrogens is 342 g/mol. The predicted octanol–water partition coefficient (Wildman–Crippen LogP) is 3.00. The summed E-state index contributed by atoms with van der Waals surface area (Å²) in [5, 5.41) is 2.88. The Hall–Kier alpha value is -3.02. The molecule has 0 spiro atoms. The molecule has 0 atom stereocenters. The molecule has 142 valence electrons. The van der Waals surface area contributed by atoms with Crippen molar-refractivity contribution in [1.82, 2.24) is 9.80 Å². The van der Waals surface area contributed by atoms with Gasteiger partial charge < -0.3 is 19.9 Å². The molecule has 1 fully saturated rings. The molecule has 0 bridgehead atoms. The highest BCUT2D eigenvalue weighted by atomic mass is 16.5. The number of amides is 3. The highest BCUT2D eigenvalue weighted by Crippen LogP contribution is 2.19. The fourth-order valence-corrected chi connectivity index (χ4v) is 3.19. The molecule has 1 aliphatic heterocycles. The van der Waals surface area contributed by atoms with E-state index < -0.39 is 0 Å². The van der Waals surface area contributed by atoms with Crippen molar-refractivity contribution in [2.45, 2.75) is 12.8 Å². The van der Waals surface area contributed by atoms with E-state index in [1.807, 2.05) is 59.5 Å². The normalized spacial score (nSPS) is 14.0. The number of benzene rings is 2. The third-order valence-corrected chi connectivity index (χ3v) is 4.75. The second kappa shape index (κ2) is 9.07. The standard InChI is InChI=1S/C21H25N3O3/c1-27-19-10-6-5-7-17(19)11-12-20(25)23-13-15-24(16-14-23)21(26)22-18-8-3-2-4-9-18/h2-10H,11-16H2,1H3,(H,22,26). The van der Waals surface area contributed by atoms with Gasteiger partial charge in [0.2, 0.25) is 5.91 Å². The van der Waals surface area contributed by atoms with Crippen LogP contribution in [-0.4, -0.2) is 55.0 Å². The average molecular weight is 367 g/mol. The van der Waals surface area contributed by atoms with Gasteiger partial charge in [0.25, 0.3) is 0 Å². The van der Waals surface area contributed by atoms with E-state index in [-0.39, 0.29) is 11.9 Å². The number of aryl methyl sites for hydroxylation is 1. The van der Waals surface area contributed by atoms with Gasteiger partial charge in [-0.25, -0.2) is 4.79 Å². The fourth-order valence-electron chi connectivity index (χ4n) is 3.19. The first kappa shape index (κ1) is 18.8. The second-order valence-corrected chi connectivity index (χ2v) is 6.48. The van der Waals surface area contributed by atoms with Crippen molar-refractivity contribution in [3.8, 4) is 5.75 Å². The zero-order valence-corrected chi connectivity index (χ0v) is 15.6. The van der Waals surface area contributed by atoms with Gasteiger partial charge in [0.15, 0.2) is 0 Å². The summed E-state index contributed by atoms with van der Waals surface area (Å²) in [4.78, 5) is 28.4. The number of anilines is 1. The minimum atomic E-state index is -0.123. The van der Waals surface area contributed by atoms with Crippen LogP contribution in [0.5, 0.6) is 5.75 Å². The number of rotatable bonds is 5. The Kier molecular flexibility index (Phi) is 6.30. The second-order valence-electron chi connectivity index (χ2n) is 6.48. The van der Waals surface area contributed by atoms with E-state index in [2.05, 4.69) is 5.32 Å². The largest absolute Gasteiger partial charge is 0.496 e. The summed E-state index contributed by atoms with van der Waals surface area (Å²) in [5.74, 6) is 0.928. The quantitative estimate of drug-likeness (QED) is 0.884. The van der Waals surface area contributed by atoms with Crippen LogP contribution in [0.25, 0.3) is 0 Å². The van der Waals surface area contributed by atoms with Crippen molar-refractivity contribution in [1.29, 1.82) is 0 Å². The van der Waals surface area contributed by atoms with E-state index in [4.69, 9.17) is 4.74 Å². The van der Waals surface area contributed by atoms with Gasteiger partial charge in [0.05, 0.1) is 7.11 Å². The van der Waals surface area contributed by atoms with Gasteiger partial charge in [-0.05, 0) is 30.2 Å². The maximum Gasteiger partial charge on any atom is 0.321 e. The minimum Gasteiger partial charge on any atom is -0.496 e. The van der Waals surface area contributed by atoms with Crippen molar-refractivity contribution in [2.24, 2.45) is 0 Å². The number of urea groups is 1. The summed E-state index contributed by atoms with van der Waals surface area (Å²) in [6, 6.07) is 17.0. The Morgan fingerprint density at radius 3 is 2.26 bits per heavy atom. The molecule has 6 heteroatoms. The molecule has 0 aliphatic carbocycles. The first-order valence-electron chi connectivity index (χ1n) is 9.18. The molecule has 2 aromatic carbocycles. The monoisotopic (exact) mass is 367 g/mol. The van der Waals surface area contributed by atoms with E-state index in [0.29, 0.717) is 39.0 Å². The van der Waals surface area contributed by atoms with Gasteiger partial charge in [-0.1, -0.05) is 36.4 Å². The molecule has 0 unspecified atom stereocenters. The van der Waals surface area contributed by atoms with Crippen LogP contribution in [0, 0.1) is 0 Å². The fraction of sp³-hybridized carbons (Fsp3) is 0.333. The van der Waals surface area contributed by atoms with Crippen LogP contribution in [0.3, 0.4) is 0 Å². The maximum absolute atomic E-state index is 12.5. The molecule has 3 rings (SSSR count). The lowest BCUT2D eigenvalue weighted by Crippen LogP contribution is -2.51. The van der Waals surface area contributed by atoms with Gasteiger partial charge in [0.1, 0.15) is 5.75 Å². The van der Waals surface area contributed by atoms with Gasteiger partial charge in [0, 0.05) is 38.3 Å². The summed E-state index contributed by atoms with van der Waals surface area (Å²) >= 11 is 0. The molecule has 1 saturated heterocycles. The number of para-hydroxylation sites is 2. The zero-order valence-electron chi connectivity index (χ0n) is 15.6. The van der Waals surface area contributed by atoms with Crippen molar-refractivity contribution >= 4 is 17.6 Å².